The van der Waals surface area contributed by atoms with Crippen molar-refractivity contribution in [2.75, 3.05) is 26.7 Å². The third kappa shape index (κ3) is 6.00. The average Bonchev–Trinajstić information content (AvgIpc) is 2.76. The van der Waals surface area contributed by atoms with E-state index in [2.05, 4.69) is 84.6 Å². The van der Waals surface area contributed by atoms with E-state index < -0.39 is 0 Å². The molecule has 0 saturated heterocycles. The van der Waals surface area contributed by atoms with Gasteiger partial charge in [-0.25, -0.2) is 4.79 Å². The molecule has 172 valence electrons. The zero-order valence-electron chi connectivity index (χ0n) is 21.0. The summed E-state index contributed by atoms with van der Waals surface area (Å²) in [6, 6.07) is 8.26. The third-order valence-corrected chi connectivity index (χ3v) is 7.87. The van der Waals surface area contributed by atoms with Crippen LogP contribution in [-0.2, 0) is 11.3 Å². The van der Waals surface area contributed by atoms with Gasteiger partial charge in [0.1, 0.15) is 6.61 Å². The van der Waals surface area contributed by atoms with Gasteiger partial charge >= 0.3 is 6.09 Å². The normalized spacial score (nSPS) is 16.6. The van der Waals surface area contributed by atoms with Crippen molar-refractivity contribution in [2.24, 2.45) is 11.3 Å². The molecule has 4 heteroatoms. The highest BCUT2D eigenvalue weighted by Gasteiger charge is 2.48. The SMILES string of the molecule is CCC(C)C(C)(CC)C(C)(CC)N(CC)CCOC(=O)N(C)Cc1ccc(C)cc1. The lowest BCUT2D eigenvalue weighted by molar-refractivity contribution is -0.0584. The smallest absolute Gasteiger partial charge is 0.409 e. The van der Waals surface area contributed by atoms with Gasteiger partial charge in [-0.3, -0.25) is 4.90 Å². The maximum atomic E-state index is 12.5. The number of ether oxygens (including phenoxy) is 1. The van der Waals surface area contributed by atoms with E-state index in [4.69, 9.17) is 4.74 Å². The minimum absolute atomic E-state index is 0.0616. The first kappa shape index (κ1) is 26.5. The van der Waals surface area contributed by atoms with Gasteiger partial charge in [-0.2, -0.15) is 0 Å². The summed E-state index contributed by atoms with van der Waals surface area (Å²) in [5.41, 5.74) is 2.60. The van der Waals surface area contributed by atoms with Crippen molar-refractivity contribution < 1.29 is 9.53 Å². The van der Waals surface area contributed by atoms with Gasteiger partial charge in [0.15, 0.2) is 0 Å². The van der Waals surface area contributed by atoms with Gasteiger partial charge in [-0.05, 0) is 50.1 Å². The minimum atomic E-state index is -0.259. The van der Waals surface area contributed by atoms with Crippen molar-refractivity contribution >= 4 is 6.09 Å². The van der Waals surface area contributed by atoms with E-state index in [1.807, 2.05) is 0 Å². The third-order valence-electron chi connectivity index (χ3n) is 7.87. The van der Waals surface area contributed by atoms with Crippen molar-refractivity contribution in [3.8, 4) is 0 Å². The van der Waals surface area contributed by atoms with Crippen molar-refractivity contribution in [2.45, 2.75) is 86.7 Å². The Labute approximate surface area is 186 Å². The summed E-state index contributed by atoms with van der Waals surface area (Å²) in [5.74, 6) is 0.629. The van der Waals surface area contributed by atoms with Crippen LogP contribution in [-0.4, -0.2) is 48.2 Å². The number of hydrogen-bond acceptors (Lipinski definition) is 3. The molecule has 0 radical (unpaired) electrons. The van der Waals surface area contributed by atoms with Crippen molar-refractivity contribution in [3.05, 3.63) is 35.4 Å². The van der Waals surface area contributed by atoms with Crippen LogP contribution in [0, 0.1) is 18.3 Å². The van der Waals surface area contributed by atoms with E-state index in [-0.39, 0.29) is 17.0 Å². The fourth-order valence-electron chi connectivity index (χ4n) is 4.84. The van der Waals surface area contributed by atoms with E-state index in [1.54, 1.807) is 11.9 Å². The first-order valence-electron chi connectivity index (χ1n) is 11.8. The number of amides is 1. The molecule has 0 saturated carbocycles. The van der Waals surface area contributed by atoms with Crippen LogP contribution in [0.25, 0.3) is 0 Å². The van der Waals surface area contributed by atoms with Crippen LogP contribution in [0.4, 0.5) is 4.79 Å². The quantitative estimate of drug-likeness (QED) is 0.387. The Morgan fingerprint density at radius 3 is 2.13 bits per heavy atom. The van der Waals surface area contributed by atoms with Gasteiger partial charge in [-0.1, -0.05) is 77.8 Å². The predicted octanol–water partition coefficient (Wildman–Crippen LogP) is 6.52. The summed E-state index contributed by atoms with van der Waals surface area (Å²) in [6.45, 7) is 21.1. The molecule has 0 spiro atoms. The lowest BCUT2D eigenvalue weighted by Gasteiger charge is -2.55. The molecule has 0 heterocycles. The molecular weight excluding hydrogens is 372 g/mol. The Hall–Kier alpha value is -1.55. The molecule has 0 aromatic heterocycles. The maximum absolute atomic E-state index is 12.5. The Morgan fingerprint density at radius 2 is 1.67 bits per heavy atom. The van der Waals surface area contributed by atoms with Gasteiger partial charge in [0.2, 0.25) is 0 Å². The summed E-state index contributed by atoms with van der Waals surface area (Å²) in [7, 11) is 1.80. The fourth-order valence-corrected chi connectivity index (χ4v) is 4.84. The maximum Gasteiger partial charge on any atom is 0.409 e. The minimum Gasteiger partial charge on any atom is -0.448 e. The summed E-state index contributed by atoms with van der Waals surface area (Å²) >= 11 is 0. The molecule has 0 fully saturated rings. The zero-order chi connectivity index (χ0) is 22.9. The fraction of sp³-hybridized carbons (Fsp3) is 0.731. The van der Waals surface area contributed by atoms with E-state index >= 15 is 0 Å². The second-order valence-corrected chi connectivity index (χ2v) is 9.24. The van der Waals surface area contributed by atoms with Gasteiger partial charge in [0, 0.05) is 25.7 Å². The van der Waals surface area contributed by atoms with Crippen molar-refractivity contribution in [1.82, 2.24) is 9.80 Å². The second-order valence-electron chi connectivity index (χ2n) is 9.24. The van der Waals surface area contributed by atoms with E-state index in [0.29, 0.717) is 19.1 Å². The molecular formula is C26H46N2O2. The molecule has 0 aliphatic carbocycles. The van der Waals surface area contributed by atoms with E-state index in [9.17, 15) is 4.79 Å². The highest BCUT2D eigenvalue weighted by molar-refractivity contribution is 5.67. The van der Waals surface area contributed by atoms with Crippen LogP contribution in [0.3, 0.4) is 0 Å². The standard InChI is InChI=1S/C26H46N2O2/c1-10-22(6)25(7,11-2)26(8,12-3)28(13-4)18-19-30-24(29)27(9)20-23-16-14-21(5)15-17-23/h14-17,22H,10-13,18-20H2,1-9H3. The summed E-state index contributed by atoms with van der Waals surface area (Å²) < 4.78 is 5.65. The summed E-state index contributed by atoms with van der Waals surface area (Å²) in [5, 5.41) is 0. The number of benzene rings is 1. The van der Waals surface area contributed by atoms with Gasteiger partial charge in [0.25, 0.3) is 0 Å². The number of aryl methyl sites for hydroxylation is 1. The Kier molecular flexibility index (Phi) is 10.4. The Balaban J connectivity index is 2.74. The molecule has 3 atom stereocenters. The molecule has 4 nitrogen and oxygen atoms in total. The van der Waals surface area contributed by atoms with Crippen molar-refractivity contribution in [3.63, 3.8) is 0 Å². The largest absolute Gasteiger partial charge is 0.448 e. The summed E-state index contributed by atoms with van der Waals surface area (Å²) in [6.07, 6.45) is 3.14. The Morgan fingerprint density at radius 1 is 1.07 bits per heavy atom. The monoisotopic (exact) mass is 418 g/mol. The zero-order valence-corrected chi connectivity index (χ0v) is 21.0. The molecule has 3 unspecified atom stereocenters. The molecule has 1 aromatic rings. The second kappa shape index (κ2) is 11.7. The van der Waals surface area contributed by atoms with Crippen LogP contribution >= 0.6 is 0 Å². The highest BCUT2D eigenvalue weighted by Crippen LogP contribution is 2.48. The molecule has 1 amide bonds. The molecule has 0 aliphatic rings. The molecule has 1 rings (SSSR count). The number of carbonyl (C=O) groups excluding carboxylic acids is 1. The van der Waals surface area contributed by atoms with Crippen LogP contribution in [0.15, 0.2) is 24.3 Å². The van der Waals surface area contributed by atoms with Gasteiger partial charge < -0.3 is 9.64 Å². The first-order chi connectivity index (χ1) is 14.1. The molecule has 1 aromatic carbocycles. The molecule has 0 aliphatic heterocycles. The number of carbonyl (C=O) groups is 1. The average molecular weight is 419 g/mol. The van der Waals surface area contributed by atoms with Crippen molar-refractivity contribution in [1.29, 1.82) is 0 Å². The topological polar surface area (TPSA) is 32.8 Å². The van der Waals surface area contributed by atoms with Crippen LogP contribution in [0.2, 0.25) is 0 Å². The number of nitrogens with zero attached hydrogens (tertiary/aromatic N) is 2. The number of rotatable bonds is 12. The molecule has 30 heavy (non-hydrogen) atoms. The lowest BCUT2D eigenvalue weighted by atomic mass is 9.60. The number of hydrogen-bond donors (Lipinski definition) is 0. The number of likely N-dealkylation sites (N-methyl/N-ethyl adjacent to an activating group) is 1. The highest BCUT2D eigenvalue weighted by atomic mass is 16.6. The van der Waals surface area contributed by atoms with Crippen LogP contribution < -0.4 is 0 Å². The lowest BCUT2D eigenvalue weighted by Crippen LogP contribution is -2.59. The molecule has 0 bridgehead atoms. The van der Waals surface area contributed by atoms with Crippen LogP contribution in [0.5, 0.6) is 0 Å². The van der Waals surface area contributed by atoms with Crippen LogP contribution in [0.1, 0.15) is 78.9 Å². The van der Waals surface area contributed by atoms with Gasteiger partial charge in [0.05, 0.1) is 0 Å². The first-order valence-corrected chi connectivity index (χ1v) is 11.8. The molecule has 0 N–H and O–H groups in total. The van der Waals surface area contributed by atoms with E-state index in [0.717, 1.165) is 31.5 Å². The van der Waals surface area contributed by atoms with E-state index in [1.165, 1.54) is 12.0 Å². The summed E-state index contributed by atoms with van der Waals surface area (Å²) in [4.78, 5) is 16.7. The predicted molar refractivity (Wildman–Crippen MR) is 128 cm³/mol. The Bertz CT molecular complexity index is 645. The van der Waals surface area contributed by atoms with Gasteiger partial charge in [-0.15, -0.1) is 0 Å².